The largest absolute Gasteiger partial charge is 0.468 e. The molecule has 19 heavy (non-hydrogen) atoms. The summed E-state index contributed by atoms with van der Waals surface area (Å²) in [6, 6.07) is 4.20. The minimum atomic E-state index is 0.511. The van der Waals surface area contributed by atoms with Crippen molar-refractivity contribution >= 4 is 6.47 Å². The molecule has 3 heteroatoms. The Kier molecular flexibility index (Phi) is 8.86. The highest BCUT2D eigenvalue weighted by molar-refractivity contribution is 5.36. The van der Waals surface area contributed by atoms with E-state index in [1.165, 1.54) is 25.7 Å². The highest BCUT2D eigenvalue weighted by Gasteiger charge is 2.02. The fourth-order valence-corrected chi connectivity index (χ4v) is 2.13. The number of hydrogen-bond acceptors (Lipinski definition) is 3. The van der Waals surface area contributed by atoms with Gasteiger partial charge in [0, 0.05) is 12.8 Å². The van der Waals surface area contributed by atoms with Gasteiger partial charge in [0.25, 0.3) is 6.47 Å². The molecule has 0 aliphatic carbocycles. The van der Waals surface area contributed by atoms with Gasteiger partial charge in [-0.3, -0.25) is 4.79 Å². The van der Waals surface area contributed by atoms with Crippen LogP contribution in [0.3, 0.4) is 0 Å². The van der Waals surface area contributed by atoms with E-state index < -0.39 is 0 Å². The van der Waals surface area contributed by atoms with Gasteiger partial charge in [-0.25, -0.2) is 0 Å². The third-order valence-electron chi connectivity index (χ3n) is 3.25. The summed E-state index contributed by atoms with van der Waals surface area (Å²) in [5.41, 5.74) is 0. The van der Waals surface area contributed by atoms with Gasteiger partial charge in [-0.05, 0) is 37.8 Å². The number of aryl methyl sites for hydroxylation is 2. The number of carbonyl (C=O) groups excluding carboxylic acids is 1. The van der Waals surface area contributed by atoms with Crippen molar-refractivity contribution in [3.8, 4) is 0 Å². The highest BCUT2D eigenvalue weighted by atomic mass is 16.5. The lowest BCUT2D eigenvalue weighted by Crippen LogP contribution is -1.92. The standard InChI is InChI=1S/C16H26O3/c1-2-3-4-6-9-15-11-12-16(19-15)10-7-5-8-13-18-14-17/h11-12,14H,2-10,13H2,1H3. The predicted octanol–water partition coefficient (Wildman–Crippen LogP) is 4.29. The summed E-state index contributed by atoms with van der Waals surface area (Å²) < 4.78 is 10.5. The summed E-state index contributed by atoms with van der Waals surface area (Å²) in [5.74, 6) is 2.21. The molecule has 0 radical (unpaired) electrons. The third kappa shape index (κ3) is 7.70. The molecule has 0 aliphatic rings. The Labute approximate surface area is 116 Å². The maximum Gasteiger partial charge on any atom is 0.293 e. The normalized spacial score (nSPS) is 10.6. The fourth-order valence-electron chi connectivity index (χ4n) is 2.13. The van der Waals surface area contributed by atoms with Crippen molar-refractivity contribution in [3.05, 3.63) is 23.7 Å². The fraction of sp³-hybridized carbons (Fsp3) is 0.688. The SMILES string of the molecule is CCCCCCc1ccc(CCCCCOC=O)o1. The zero-order chi connectivity index (χ0) is 13.8. The number of hydrogen-bond donors (Lipinski definition) is 0. The molecular formula is C16H26O3. The lowest BCUT2D eigenvalue weighted by atomic mass is 10.1. The van der Waals surface area contributed by atoms with Gasteiger partial charge in [0.05, 0.1) is 6.61 Å². The topological polar surface area (TPSA) is 39.4 Å². The number of unbranched alkanes of at least 4 members (excludes halogenated alkanes) is 5. The molecule has 1 aromatic heterocycles. The Morgan fingerprint density at radius 2 is 1.63 bits per heavy atom. The van der Waals surface area contributed by atoms with E-state index in [1.807, 2.05) is 0 Å². The first-order valence-electron chi connectivity index (χ1n) is 7.49. The van der Waals surface area contributed by atoms with Crippen molar-refractivity contribution in [2.75, 3.05) is 6.61 Å². The van der Waals surface area contributed by atoms with Gasteiger partial charge in [0.1, 0.15) is 11.5 Å². The van der Waals surface area contributed by atoms with Gasteiger partial charge in [0.2, 0.25) is 0 Å². The van der Waals surface area contributed by atoms with Crippen molar-refractivity contribution in [1.82, 2.24) is 0 Å². The second-order valence-corrected chi connectivity index (χ2v) is 4.96. The van der Waals surface area contributed by atoms with Crippen LogP contribution in [0.25, 0.3) is 0 Å². The monoisotopic (exact) mass is 266 g/mol. The molecule has 0 atom stereocenters. The second-order valence-electron chi connectivity index (χ2n) is 4.96. The molecule has 0 spiro atoms. The summed E-state index contributed by atoms with van der Waals surface area (Å²) >= 11 is 0. The minimum absolute atomic E-state index is 0.511. The van der Waals surface area contributed by atoms with Gasteiger partial charge < -0.3 is 9.15 Å². The maximum absolute atomic E-state index is 9.95. The lowest BCUT2D eigenvalue weighted by molar-refractivity contribution is -0.128. The van der Waals surface area contributed by atoms with E-state index >= 15 is 0 Å². The first-order valence-corrected chi connectivity index (χ1v) is 7.49. The molecule has 3 nitrogen and oxygen atoms in total. The molecule has 0 saturated heterocycles. The molecule has 0 N–H and O–H groups in total. The number of ether oxygens (including phenoxy) is 1. The van der Waals surface area contributed by atoms with Crippen LogP contribution in [0.5, 0.6) is 0 Å². The van der Waals surface area contributed by atoms with E-state index in [2.05, 4.69) is 23.8 Å². The number of rotatable bonds is 12. The number of carbonyl (C=O) groups is 1. The van der Waals surface area contributed by atoms with Crippen LogP contribution in [0, 0.1) is 0 Å². The Balaban J connectivity index is 2.07. The van der Waals surface area contributed by atoms with E-state index in [-0.39, 0.29) is 0 Å². The highest BCUT2D eigenvalue weighted by Crippen LogP contribution is 2.14. The van der Waals surface area contributed by atoms with Crippen molar-refractivity contribution in [2.24, 2.45) is 0 Å². The summed E-state index contributed by atoms with van der Waals surface area (Å²) in [4.78, 5) is 9.95. The van der Waals surface area contributed by atoms with E-state index in [0.717, 1.165) is 43.6 Å². The van der Waals surface area contributed by atoms with Crippen LogP contribution < -0.4 is 0 Å². The Morgan fingerprint density at radius 1 is 1.00 bits per heavy atom. The van der Waals surface area contributed by atoms with Crippen LogP contribution in [0.4, 0.5) is 0 Å². The van der Waals surface area contributed by atoms with Gasteiger partial charge in [-0.1, -0.05) is 26.2 Å². The molecule has 0 unspecified atom stereocenters. The van der Waals surface area contributed by atoms with Crippen molar-refractivity contribution in [3.63, 3.8) is 0 Å². The summed E-state index contributed by atoms with van der Waals surface area (Å²) in [6.07, 6.45) is 10.2. The zero-order valence-corrected chi connectivity index (χ0v) is 12.0. The molecule has 1 aromatic rings. The van der Waals surface area contributed by atoms with Crippen LogP contribution in [0.15, 0.2) is 16.5 Å². The smallest absolute Gasteiger partial charge is 0.293 e. The van der Waals surface area contributed by atoms with Crippen LogP contribution in [0.2, 0.25) is 0 Å². The Morgan fingerprint density at radius 3 is 2.21 bits per heavy atom. The molecule has 0 fully saturated rings. The van der Waals surface area contributed by atoms with E-state index in [9.17, 15) is 4.79 Å². The average molecular weight is 266 g/mol. The quantitative estimate of drug-likeness (QED) is 0.418. The van der Waals surface area contributed by atoms with Crippen molar-refractivity contribution in [1.29, 1.82) is 0 Å². The molecule has 1 rings (SSSR count). The molecule has 1 heterocycles. The van der Waals surface area contributed by atoms with E-state index in [4.69, 9.17) is 4.42 Å². The summed E-state index contributed by atoms with van der Waals surface area (Å²) in [6.45, 7) is 3.27. The molecule has 0 aliphatic heterocycles. The lowest BCUT2D eigenvalue weighted by Gasteiger charge is -1.99. The van der Waals surface area contributed by atoms with Gasteiger partial charge >= 0.3 is 0 Å². The van der Waals surface area contributed by atoms with Crippen molar-refractivity contribution in [2.45, 2.75) is 64.7 Å². The number of furan rings is 1. The molecular weight excluding hydrogens is 240 g/mol. The minimum Gasteiger partial charge on any atom is -0.468 e. The van der Waals surface area contributed by atoms with Crippen LogP contribution in [0.1, 0.15) is 63.4 Å². The van der Waals surface area contributed by atoms with Crippen LogP contribution in [-0.2, 0) is 22.4 Å². The third-order valence-corrected chi connectivity index (χ3v) is 3.25. The predicted molar refractivity (Wildman–Crippen MR) is 76.1 cm³/mol. The molecule has 0 saturated carbocycles. The first-order chi connectivity index (χ1) is 9.36. The summed E-state index contributed by atoms with van der Waals surface area (Å²) in [7, 11) is 0. The Hall–Kier alpha value is -1.25. The molecule has 108 valence electrons. The zero-order valence-electron chi connectivity index (χ0n) is 12.0. The molecule has 0 amide bonds. The molecule has 0 aromatic carbocycles. The van der Waals surface area contributed by atoms with Gasteiger partial charge in [-0.15, -0.1) is 0 Å². The van der Waals surface area contributed by atoms with Gasteiger partial charge in [0.15, 0.2) is 0 Å². The molecule has 0 bridgehead atoms. The summed E-state index contributed by atoms with van der Waals surface area (Å²) in [5, 5.41) is 0. The van der Waals surface area contributed by atoms with E-state index in [1.54, 1.807) is 0 Å². The average Bonchev–Trinajstić information content (AvgIpc) is 2.87. The maximum atomic E-state index is 9.95. The Bertz CT molecular complexity index is 330. The van der Waals surface area contributed by atoms with Crippen molar-refractivity contribution < 1.29 is 13.9 Å². The second kappa shape index (κ2) is 10.7. The van der Waals surface area contributed by atoms with Gasteiger partial charge in [-0.2, -0.15) is 0 Å². The van der Waals surface area contributed by atoms with E-state index in [0.29, 0.717) is 13.1 Å². The first kappa shape index (κ1) is 15.8. The van der Waals surface area contributed by atoms with Crippen LogP contribution in [-0.4, -0.2) is 13.1 Å². The van der Waals surface area contributed by atoms with Crippen LogP contribution >= 0.6 is 0 Å².